The van der Waals surface area contributed by atoms with Crippen LogP contribution >= 0.6 is 23.4 Å². The average Bonchev–Trinajstić information content (AvgIpc) is 2.26. The molecular formula is C10H15ClN2O2S2. The van der Waals surface area contributed by atoms with Crippen LogP contribution in [0.25, 0.3) is 0 Å². The minimum absolute atomic E-state index is 0.0978. The highest BCUT2D eigenvalue weighted by atomic mass is 35.5. The van der Waals surface area contributed by atoms with E-state index in [2.05, 4.69) is 9.71 Å². The van der Waals surface area contributed by atoms with Crippen LogP contribution in [0, 0.1) is 0 Å². The Balaban J connectivity index is 2.75. The van der Waals surface area contributed by atoms with Crippen LogP contribution in [0.3, 0.4) is 0 Å². The molecule has 0 aliphatic heterocycles. The molecule has 1 heterocycles. The maximum absolute atomic E-state index is 12.0. The number of nitrogens with zero attached hydrogens (tertiary/aromatic N) is 1. The predicted octanol–water partition coefficient (Wildman–Crippen LogP) is 2.15. The Labute approximate surface area is 111 Å². The van der Waals surface area contributed by atoms with Crippen molar-refractivity contribution in [1.29, 1.82) is 0 Å². The van der Waals surface area contributed by atoms with Gasteiger partial charge in [-0.15, -0.1) is 0 Å². The van der Waals surface area contributed by atoms with Crippen molar-refractivity contribution in [2.24, 2.45) is 0 Å². The molecule has 1 atom stereocenters. The molecule has 0 saturated carbocycles. The SMILES string of the molecule is CSCCC(C)NS(=O)(=O)c1ccnc(Cl)c1. The van der Waals surface area contributed by atoms with E-state index < -0.39 is 10.0 Å². The van der Waals surface area contributed by atoms with E-state index in [1.165, 1.54) is 18.3 Å². The third-order valence-corrected chi connectivity index (χ3v) is 4.56. The van der Waals surface area contributed by atoms with Crippen LogP contribution < -0.4 is 4.72 Å². The highest BCUT2D eigenvalue weighted by molar-refractivity contribution is 7.98. The van der Waals surface area contributed by atoms with Crippen molar-refractivity contribution in [3.05, 3.63) is 23.5 Å². The van der Waals surface area contributed by atoms with Crippen molar-refractivity contribution in [1.82, 2.24) is 9.71 Å². The average molecular weight is 295 g/mol. The first-order chi connectivity index (χ1) is 7.95. The van der Waals surface area contributed by atoms with Crippen LogP contribution in [0.1, 0.15) is 13.3 Å². The molecule has 0 amide bonds. The number of nitrogens with one attached hydrogen (secondary N) is 1. The Bertz CT molecular complexity index is 465. The smallest absolute Gasteiger partial charge is 0.240 e. The van der Waals surface area contributed by atoms with E-state index >= 15 is 0 Å². The quantitative estimate of drug-likeness (QED) is 0.817. The Morgan fingerprint density at radius 3 is 2.88 bits per heavy atom. The summed E-state index contributed by atoms with van der Waals surface area (Å²) < 4.78 is 26.5. The maximum Gasteiger partial charge on any atom is 0.240 e. The molecule has 0 aromatic carbocycles. The van der Waals surface area contributed by atoms with Gasteiger partial charge in [0.25, 0.3) is 0 Å². The second-order valence-electron chi connectivity index (χ2n) is 3.62. The van der Waals surface area contributed by atoms with Gasteiger partial charge in [0.05, 0.1) is 4.90 Å². The molecule has 0 saturated heterocycles. The molecule has 1 aromatic heterocycles. The summed E-state index contributed by atoms with van der Waals surface area (Å²) in [5, 5.41) is 0.171. The van der Waals surface area contributed by atoms with Gasteiger partial charge in [0, 0.05) is 12.2 Å². The lowest BCUT2D eigenvalue weighted by molar-refractivity contribution is 0.557. The van der Waals surface area contributed by atoms with Crippen molar-refractivity contribution in [3.63, 3.8) is 0 Å². The zero-order valence-electron chi connectivity index (χ0n) is 9.68. The van der Waals surface area contributed by atoms with Gasteiger partial charge in [-0.05, 0) is 37.5 Å². The zero-order chi connectivity index (χ0) is 12.9. The minimum atomic E-state index is -3.50. The first-order valence-electron chi connectivity index (χ1n) is 5.08. The third-order valence-electron chi connectivity index (χ3n) is 2.12. The molecule has 0 aliphatic carbocycles. The number of hydrogen-bond acceptors (Lipinski definition) is 4. The van der Waals surface area contributed by atoms with Gasteiger partial charge < -0.3 is 0 Å². The minimum Gasteiger partial charge on any atom is -0.244 e. The van der Waals surface area contributed by atoms with Crippen molar-refractivity contribution < 1.29 is 8.42 Å². The van der Waals surface area contributed by atoms with E-state index in [1.807, 2.05) is 13.2 Å². The first-order valence-corrected chi connectivity index (χ1v) is 8.34. The highest BCUT2D eigenvalue weighted by Crippen LogP contribution is 2.13. The van der Waals surface area contributed by atoms with Crippen LogP contribution in [0.5, 0.6) is 0 Å². The zero-order valence-corrected chi connectivity index (χ0v) is 12.1. The Kier molecular flexibility index (Phi) is 5.72. The van der Waals surface area contributed by atoms with Gasteiger partial charge in [0.1, 0.15) is 5.15 Å². The van der Waals surface area contributed by atoms with E-state index in [9.17, 15) is 8.42 Å². The summed E-state index contributed by atoms with van der Waals surface area (Å²) in [7, 11) is -3.50. The van der Waals surface area contributed by atoms with Gasteiger partial charge >= 0.3 is 0 Å². The molecule has 0 bridgehead atoms. The number of pyridine rings is 1. The summed E-state index contributed by atoms with van der Waals surface area (Å²) in [6, 6.07) is 2.67. The molecule has 4 nitrogen and oxygen atoms in total. The Morgan fingerprint density at radius 2 is 2.29 bits per heavy atom. The molecule has 17 heavy (non-hydrogen) atoms. The number of aromatic nitrogens is 1. The van der Waals surface area contributed by atoms with Crippen LogP contribution in [-0.4, -0.2) is 31.5 Å². The molecule has 96 valence electrons. The summed E-state index contributed by atoms with van der Waals surface area (Å²) >= 11 is 7.35. The van der Waals surface area contributed by atoms with Crippen LogP contribution in [0.15, 0.2) is 23.2 Å². The largest absolute Gasteiger partial charge is 0.244 e. The van der Waals surface area contributed by atoms with Crippen LogP contribution in [-0.2, 0) is 10.0 Å². The fourth-order valence-electron chi connectivity index (χ4n) is 1.24. The van der Waals surface area contributed by atoms with Gasteiger partial charge in [-0.2, -0.15) is 11.8 Å². The lowest BCUT2D eigenvalue weighted by atomic mass is 10.3. The Morgan fingerprint density at radius 1 is 1.59 bits per heavy atom. The fraction of sp³-hybridized carbons (Fsp3) is 0.500. The summed E-state index contributed by atoms with van der Waals surface area (Å²) in [6.45, 7) is 1.84. The molecule has 1 N–H and O–H groups in total. The fourth-order valence-corrected chi connectivity index (χ4v) is 3.36. The molecule has 1 rings (SSSR count). The number of halogens is 1. The van der Waals surface area contributed by atoms with Crippen LogP contribution in [0.4, 0.5) is 0 Å². The number of thioether (sulfide) groups is 1. The monoisotopic (exact) mass is 294 g/mol. The molecule has 0 aliphatic rings. The molecule has 7 heteroatoms. The molecule has 1 unspecified atom stereocenters. The second kappa shape index (κ2) is 6.58. The molecular weight excluding hydrogens is 280 g/mol. The predicted molar refractivity (Wildman–Crippen MR) is 72.0 cm³/mol. The first kappa shape index (κ1) is 14.8. The number of hydrogen-bond donors (Lipinski definition) is 1. The van der Waals surface area contributed by atoms with Gasteiger partial charge in [-0.1, -0.05) is 11.6 Å². The third kappa shape index (κ3) is 4.83. The van der Waals surface area contributed by atoms with Gasteiger partial charge in [0.15, 0.2) is 0 Å². The molecule has 0 spiro atoms. The summed E-state index contributed by atoms with van der Waals surface area (Å²) in [5.41, 5.74) is 0. The van der Waals surface area contributed by atoms with Gasteiger partial charge in [-0.3, -0.25) is 0 Å². The summed E-state index contributed by atoms with van der Waals surface area (Å²) in [4.78, 5) is 3.90. The lowest BCUT2D eigenvalue weighted by Crippen LogP contribution is -2.33. The summed E-state index contributed by atoms with van der Waals surface area (Å²) in [6.07, 6.45) is 4.16. The molecule has 0 fully saturated rings. The highest BCUT2D eigenvalue weighted by Gasteiger charge is 2.17. The molecule has 1 aromatic rings. The maximum atomic E-state index is 12.0. The topological polar surface area (TPSA) is 59.1 Å². The van der Waals surface area contributed by atoms with E-state index in [1.54, 1.807) is 11.8 Å². The summed E-state index contributed by atoms with van der Waals surface area (Å²) in [5.74, 6) is 0.917. The van der Waals surface area contributed by atoms with Crippen LogP contribution in [0.2, 0.25) is 5.15 Å². The van der Waals surface area contributed by atoms with Crippen molar-refractivity contribution >= 4 is 33.4 Å². The second-order valence-corrected chi connectivity index (χ2v) is 6.70. The normalized spacial score (nSPS) is 13.6. The lowest BCUT2D eigenvalue weighted by Gasteiger charge is -2.13. The van der Waals surface area contributed by atoms with E-state index in [4.69, 9.17) is 11.6 Å². The molecule has 0 radical (unpaired) electrons. The number of rotatable bonds is 6. The van der Waals surface area contributed by atoms with E-state index in [0.29, 0.717) is 0 Å². The Hall–Kier alpha value is -0.300. The van der Waals surface area contributed by atoms with Gasteiger partial charge in [0.2, 0.25) is 10.0 Å². The van der Waals surface area contributed by atoms with Crippen molar-refractivity contribution in [2.75, 3.05) is 12.0 Å². The number of sulfonamides is 1. The van der Waals surface area contributed by atoms with E-state index in [0.717, 1.165) is 12.2 Å². The van der Waals surface area contributed by atoms with E-state index in [-0.39, 0.29) is 16.1 Å². The van der Waals surface area contributed by atoms with Crippen molar-refractivity contribution in [3.8, 4) is 0 Å². The van der Waals surface area contributed by atoms with Crippen molar-refractivity contribution in [2.45, 2.75) is 24.3 Å². The standard InChI is InChI=1S/C10H15ClN2O2S2/c1-8(4-6-16-2)13-17(14,15)9-3-5-12-10(11)7-9/h3,5,7-8,13H,4,6H2,1-2H3. The van der Waals surface area contributed by atoms with Gasteiger partial charge in [-0.25, -0.2) is 18.1 Å².